The highest BCUT2D eigenvalue weighted by molar-refractivity contribution is 7.07. The molecule has 5 aromatic rings. The average molecular weight is 622 g/mol. The number of nitrogens with zero attached hydrogens (tertiary/aromatic N) is 2. The van der Waals surface area contributed by atoms with Gasteiger partial charge in [0.25, 0.3) is 11.5 Å². The predicted octanol–water partition coefficient (Wildman–Crippen LogP) is 6.11. The number of anilines is 1. The smallest absolute Gasteiger partial charge is 0.271 e. The number of para-hydroxylation sites is 2. The number of fused-ring (bicyclic) bond motifs is 1. The van der Waals surface area contributed by atoms with E-state index >= 15 is 0 Å². The zero-order valence-corrected chi connectivity index (χ0v) is 25.6. The first-order valence-corrected chi connectivity index (χ1v) is 15.1. The van der Waals surface area contributed by atoms with E-state index in [4.69, 9.17) is 26.1 Å². The van der Waals surface area contributed by atoms with Crippen LogP contribution in [0.15, 0.2) is 124 Å². The number of rotatable bonds is 8. The fourth-order valence-electron chi connectivity index (χ4n) is 5.08. The zero-order chi connectivity index (χ0) is 30.6. The number of thiazole rings is 1. The molecule has 0 unspecified atom stereocenters. The highest BCUT2D eigenvalue weighted by Crippen LogP contribution is 2.32. The average Bonchev–Trinajstić information content (AvgIpc) is 3.34. The maximum atomic E-state index is 14.1. The molecular formula is C35H28ClN3O4S. The van der Waals surface area contributed by atoms with Crippen molar-refractivity contribution in [2.24, 2.45) is 4.99 Å². The van der Waals surface area contributed by atoms with Gasteiger partial charge in [0.15, 0.2) is 4.80 Å². The van der Waals surface area contributed by atoms with Crippen LogP contribution in [0.3, 0.4) is 0 Å². The molecule has 1 aliphatic rings. The zero-order valence-electron chi connectivity index (χ0n) is 24.0. The van der Waals surface area contributed by atoms with Crippen LogP contribution in [-0.4, -0.2) is 17.6 Å². The van der Waals surface area contributed by atoms with Crippen molar-refractivity contribution in [2.75, 3.05) is 12.4 Å². The van der Waals surface area contributed by atoms with Gasteiger partial charge in [-0.2, -0.15) is 0 Å². The summed E-state index contributed by atoms with van der Waals surface area (Å²) in [6, 6.07) is 30.9. The van der Waals surface area contributed by atoms with Crippen molar-refractivity contribution >= 4 is 40.6 Å². The fourth-order valence-corrected chi connectivity index (χ4v) is 6.30. The van der Waals surface area contributed by atoms with E-state index in [9.17, 15) is 9.59 Å². The minimum absolute atomic E-state index is 0.256. The van der Waals surface area contributed by atoms with Gasteiger partial charge in [-0.15, -0.1) is 0 Å². The molecule has 1 N–H and O–H groups in total. The van der Waals surface area contributed by atoms with E-state index < -0.39 is 6.04 Å². The van der Waals surface area contributed by atoms with Gasteiger partial charge in [-0.3, -0.25) is 14.2 Å². The molecule has 1 amide bonds. The summed E-state index contributed by atoms with van der Waals surface area (Å²) in [5.41, 5.74) is 3.68. The summed E-state index contributed by atoms with van der Waals surface area (Å²) in [6.45, 7) is 2.08. The summed E-state index contributed by atoms with van der Waals surface area (Å²) < 4.78 is 13.6. The molecule has 0 saturated heterocycles. The second-order valence-electron chi connectivity index (χ2n) is 10.1. The first-order valence-electron chi connectivity index (χ1n) is 13.9. The van der Waals surface area contributed by atoms with E-state index in [1.807, 2.05) is 103 Å². The molecule has 2 heterocycles. The topological polar surface area (TPSA) is 81.9 Å². The predicted molar refractivity (Wildman–Crippen MR) is 174 cm³/mol. The number of ether oxygens (including phenoxy) is 2. The van der Waals surface area contributed by atoms with Gasteiger partial charge in [0.2, 0.25) is 0 Å². The van der Waals surface area contributed by atoms with Crippen molar-refractivity contribution in [3.8, 4) is 11.5 Å². The maximum Gasteiger partial charge on any atom is 0.271 e. The minimum Gasteiger partial charge on any atom is -0.497 e. The van der Waals surface area contributed by atoms with Crippen LogP contribution in [0.1, 0.15) is 29.7 Å². The lowest BCUT2D eigenvalue weighted by Gasteiger charge is -2.25. The molecule has 0 aliphatic carbocycles. The Balaban J connectivity index is 1.43. The van der Waals surface area contributed by atoms with E-state index in [0.29, 0.717) is 42.8 Å². The van der Waals surface area contributed by atoms with Gasteiger partial charge in [-0.25, -0.2) is 4.99 Å². The number of nitrogens with one attached hydrogen (secondary N) is 1. The van der Waals surface area contributed by atoms with Gasteiger partial charge < -0.3 is 14.8 Å². The summed E-state index contributed by atoms with van der Waals surface area (Å²) >= 11 is 7.60. The highest BCUT2D eigenvalue weighted by atomic mass is 35.5. The van der Waals surface area contributed by atoms with Crippen LogP contribution in [-0.2, 0) is 11.4 Å². The molecule has 7 nitrogen and oxygen atoms in total. The first kappa shape index (κ1) is 29.2. The number of amides is 1. The van der Waals surface area contributed by atoms with Gasteiger partial charge in [0, 0.05) is 21.8 Å². The van der Waals surface area contributed by atoms with Crippen LogP contribution in [0.25, 0.3) is 6.08 Å². The normalized spacial score (nSPS) is 14.5. The number of carbonyl (C=O) groups is 1. The Kier molecular flexibility index (Phi) is 8.45. The van der Waals surface area contributed by atoms with Crippen LogP contribution in [0.4, 0.5) is 5.69 Å². The third-order valence-corrected chi connectivity index (χ3v) is 8.63. The quantitative estimate of drug-likeness (QED) is 0.227. The van der Waals surface area contributed by atoms with E-state index in [1.165, 1.54) is 11.3 Å². The van der Waals surface area contributed by atoms with Crippen molar-refractivity contribution in [1.29, 1.82) is 0 Å². The first-order chi connectivity index (χ1) is 21.4. The highest BCUT2D eigenvalue weighted by Gasteiger charge is 2.32. The molecule has 0 spiro atoms. The van der Waals surface area contributed by atoms with E-state index in [-0.39, 0.29) is 18.1 Å². The van der Waals surface area contributed by atoms with Gasteiger partial charge in [0.05, 0.1) is 29.0 Å². The molecule has 6 rings (SSSR count). The Bertz CT molecular complexity index is 2050. The Morgan fingerprint density at radius 2 is 1.68 bits per heavy atom. The molecule has 1 atom stereocenters. The third kappa shape index (κ3) is 5.95. The monoisotopic (exact) mass is 621 g/mol. The number of aromatic nitrogens is 1. The molecule has 1 aromatic heterocycles. The molecule has 220 valence electrons. The number of hydrogen-bond donors (Lipinski definition) is 1. The molecule has 0 radical (unpaired) electrons. The second kappa shape index (κ2) is 12.8. The lowest BCUT2D eigenvalue weighted by Crippen LogP contribution is -2.40. The number of hydrogen-bond acceptors (Lipinski definition) is 6. The SMILES string of the molecule is COc1ccc([C@@H]2C(C(=O)Nc3ccccc3)=C(C)N=c3s/c(=C/c4ccccc4OCc4ccccc4Cl)c(=O)n32)cc1. The van der Waals surface area contributed by atoms with Crippen molar-refractivity contribution in [2.45, 2.75) is 19.6 Å². The van der Waals surface area contributed by atoms with Crippen LogP contribution >= 0.6 is 22.9 Å². The molecule has 0 saturated carbocycles. The molecule has 9 heteroatoms. The lowest BCUT2D eigenvalue weighted by molar-refractivity contribution is -0.113. The summed E-state index contributed by atoms with van der Waals surface area (Å²) in [7, 11) is 1.59. The number of carbonyl (C=O) groups excluding carboxylic acids is 1. The van der Waals surface area contributed by atoms with E-state index in [0.717, 1.165) is 16.7 Å². The van der Waals surface area contributed by atoms with E-state index in [2.05, 4.69) is 5.32 Å². The number of halogens is 1. The number of methoxy groups -OCH3 is 1. The molecule has 0 fully saturated rings. The Morgan fingerprint density at radius 3 is 2.43 bits per heavy atom. The largest absolute Gasteiger partial charge is 0.497 e. The Labute approximate surface area is 263 Å². The molecule has 0 bridgehead atoms. The van der Waals surface area contributed by atoms with Crippen LogP contribution in [0.5, 0.6) is 11.5 Å². The second-order valence-corrected chi connectivity index (χ2v) is 11.5. The maximum absolute atomic E-state index is 14.1. The minimum atomic E-state index is -0.699. The van der Waals surface area contributed by atoms with Gasteiger partial charge in [-0.05, 0) is 55.0 Å². The van der Waals surface area contributed by atoms with Gasteiger partial charge in [-0.1, -0.05) is 89.7 Å². The third-order valence-electron chi connectivity index (χ3n) is 7.28. The standard InChI is InChI=1S/C35H28ClN3O4S/c1-22-31(33(40)38-26-12-4-3-5-13-26)32(23-16-18-27(42-2)19-17-23)39-34(41)30(44-35(39)37-22)20-24-10-7-9-15-29(24)43-21-25-11-6-8-14-28(25)36/h3-20,32H,21H2,1-2H3,(H,38,40)/b30-20+/t32-/m1/s1. The number of benzene rings is 4. The number of allylic oxidation sites excluding steroid dienone is 1. The molecule has 4 aromatic carbocycles. The van der Waals surface area contributed by atoms with Gasteiger partial charge in [0.1, 0.15) is 18.1 Å². The van der Waals surface area contributed by atoms with Gasteiger partial charge >= 0.3 is 0 Å². The molecule has 1 aliphatic heterocycles. The summed E-state index contributed by atoms with van der Waals surface area (Å²) in [6.07, 6.45) is 1.81. The van der Waals surface area contributed by atoms with Crippen molar-refractivity contribution in [1.82, 2.24) is 4.57 Å². The lowest BCUT2D eigenvalue weighted by atomic mass is 9.95. The molecule has 44 heavy (non-hydrogen) atoms. The van der Waals surface area contributed by atoms with Crippen molar-refractivity contribution in [3.63, 3.8) is 0 Å². The summed E-state index contributed by atoms with van der Waals surface area (Å²) in [5, 5.41) is 3.60. The van der Waals surface area contributed by atoms with Crippen molar-refractivity contribution in [3.05, 3.63) is 156 Å². The summed E-state index contributed by atoms with van der Waals surface area (Å²) in [4.78, 5) is 33.1. The van der Waals surface area contributed by atoms with Crippen LogP contribution < -0.4 is 29.7 Å². The Morgan fingerprint density at radius 1 is 0.977 bits per heavy atom. The van der Waals surface area contributed by atoms with Crippen LogP contribution in [0, 0.1) is 0 Å². The summed E-state index contributed by atoms with van der Waals surface area (Å²) in [5.74, 6) is 0.959. The van der Waals surface area contributed by atoms with Crippen LogP contribution in [0.2, 0.25) is 5.02 Å². The Hall–Kier alpha value is -4.92. The fraction of sp³-hybridized carbons (Fsp3) is 0.114. The van der Waals surface area contributed by atoms with Crippen molar-refractivity contribution < 1.29 is 14.3 Å². The van der Waals surface area contributed by atoms with E-state index in [1.54, 1.807) is 24.7 Å². The molecular weight excluding hydrogens is 594 g/mol.